The average molecular weight is 508 g/mol. The lowest BCUT2D eigenvalue weighted by Gasteiger charge is -2.29. The number of carbonyl (C=O) groups is 1. The Hall–Kier alpha value is -3.14. The van der Waals surface area contributed by atoms with E-state index in [9.17, 15) is 24.2 Å². The molecule has 9 heteroatoms. The molecule has 0 fully saturated rings. The van der Waals surface area contributed by atoms with Crippen LogP contribution in [0.4, 0.5) is 4.39 Å². The number of carbonyl (C=O) groups excluding carboxylic acids is 1. The molecular formula is C28H30FN3O5. The third-order valence-electron chi connectivity index (χ3n) is 8.34. The summed E-state index contributed by atoms with van der Waals surface area (Å²) in [5.41, 5.74) is 5.73. The molecule has 1 aromatic carbocycles. The fourth-order valence-corrected chi connectivity index (χ4v) is 6.38. The fourth-order valence-electron chi connectivity index (χ4n) is 6.38. The number of fused-ring (bicyclic) bond motifs is 5. The van der Waals surface area contributed by atoms with Gasteiger partial charge in [0.25, 0.3) is 5.56 Å². The van der Waals surface area contributed by atoms with Crippen LogP contribution in [0.25, 0.3) is 22.3 Å². The number of aryl methyl sites for hydroxylation is 1. The number of halogens is 1. The van der Waals surface area contributed by atoms with Crippen LogP contribution in [-0.2, 0) is 29.1 Å². The smallest absolute Gasteiger partial charge is 0.340 e. The first-order valence-corrected chi connectivity index (χ1v) is 12.9. The number of aliphatic hydroxyl groups excluding tert-OH is 2. The Kier molecular flexibility index (Phi) is 5.89. The molecule has 3 aliphatic rings. The van der Waals surface area contributed by atoms with Crippen molar-refractivity contribution in [2.24, 2.45) is 0 Å². The number of cyclic esters (lactones) is 1. The highest BCUT2D eigenvalue weighted by Gasteiger charge is 2.37. The molecule has 0 spiro atoms. The Morgan fingerprint density at radius 3 is 2.81 bits per heavy atom. The van der Waals surface area contributed by atoms with Crippen molar-refractivity contribution < 1.29 is 24.1 Å². The average Bonchev–Trinajstić information content (AvgIpc) is 3.24. The Labute approximate surface area is 213 Å². The molecule has 194 valence electrons. The zero-order valence-corrected chi connectivity index (χ0v) is 21.0. The maximum Gasteiger partial charge on any atom is 0.340 e. The predicted molar refractivity (Wildman–Crippen MR) is 135 cm³/mol. The van der Waals surface area contributed by atoms with Crippen LogP contribution in [0.2, 0.25) is 0 Å². The quantitative estimate of drug-likeness (QED) is 0.387. The number of likely N-dealkylation sites (N-methyl/N-ethyl adjacent to an activating group) is 1. The molecule has 0 saturated heterocycles. The minimum atomic E-state index is -1.51. The number of hydrogen-bond donors (Lipinski definition) is 2. The van der Waals surface area contributed by atoms with Gasteiger partial charge in [0.05, 0.1) is 35.6 Å². The van der Waals surface area contributed by atoms with Gasteiger partial charge >= 0.3 is 5.97 Å². The van der Waals surface area contributed by atoms with Gasteiger partial charge in [-0.3, -0.25) is 4.79 Å². The number of aliphatic hydroxyl groups is 2. The van der Waals surface area contributed by atoms with Crippen molar-refractivity contribution in [2.45, 2.75) is 57.8 Å². The van der Waals surface area contributed by atoms with Crippen LogP contribution >= 0.6 is 0 Å². The molecular weight excluding hydrogens is 477 g/mol. The van der Waals surface area contributed by atoms with Crippen LogP contribution in [0.1, 0.15) is 64.7 Å². The van der Waals surface area contributed by atoms with Crippen molar-refractivity contribution in [3.63, 3.8) is 0 Å². The van der Waals surface area contributed by atoms with E-state index < -0.39 is 12.1 Å². The molecule has 0 radical (unpaired) electrons. The largest absolute Gasteiger partial charge is 0.458 e. The van der Waals surface area contributed by atoms with Crippen molar-refractivity contribution in [1.29, 1.82) is 0 Å². The van der Waals surface area contributed by atoms with Crippen LogP contribution < -0.4 is 5.56 Å². The van der Waals surface area contributed by atoms with Gasteiger partial charge in [0.15, 0.2) is 6.10 Å². The number of aromatic nitrogens is 2. The van der Waals surface area contributed by atoms with E-state index in [-0.39, 0.29) is 41.6 Å². The van der Waals surface area contributed by atoms with E-state index in [1.807, 2.05) is 14.0 Å². The van der Waals surface area contributed by atoms with Gasteiger partial charge in [-0.05, 0) is 74.9 Å². The van der Waals surface area contributed by atoms with Gasteiger partial charge in [0, 0.05) is 29.1 Å². The molecule has 6 rings (SSSR count). The minimum Gasteiger partial charge on any atom is -0.458 e. The topological polar surface area (TPSA) is 105 Å². The summed E-state index contributed by atoms with van der Waals surface area (Å²) in [6.07, 6.45) is 2.02. The highest BCUT2D eigenvalue weighted by atomic mass is 19.1. The Balaban J connectivity index is 1.51. The van der Waals surface area contributed by atoms with Gasteiger partial charge in [-0.25, -0.2) is 14.2 Å². The maximum atomic E-state index is 14.9. The number of benzene rings is 1. The molecule has 1 unspecified atom stereocenters. The summed E-state index contributed by atoms with van der Waals surface area (Å²) in [7, 11) is 1.99. The lowest BCUT2D eigenvalue weighted by atomic mass is 9.76. The molecule has 8 nitrogen and oxygen atoms in total. The predicted octanol–water partition coefficient (Wildman–Crippen LogP) is 2.70. The van der Waals surface area contributed by atoms with Crippen LogP contribution in [0, 0.1) is 12.7 Å². The second-order valence-corrected chi connectivity index (χ2v) is 10.5. The third-order valence-corrected chi connectivity index (χ3v) is 8.34. The van der Waals surface area contributed by atoms with E-state index in [1.54, 1.807) is 10.6 Å². The minimum absolute atomic E-state index is 0.124. The molecule has 0 saturated carbocycles. The molecule has 2 atom stereocenters. The fraction of sp³-hybridized carbons (Fsp3) is 0.464. The van der Waals surface area contributed by atoms with Gasteiger partial charge in [0.1, 0.15) is 12.4 Å². The van der Waals surface area contributed by atoms with Crippen molar-refractivity contribution in [1.82, 2.24) is 14.5 Å². The highest BCUT2D eigenvalue weighted by molar-refractivity contribution is 5.93. The summed E-state index contributed by atoms with van der Waals surface area (Å²) in [6, 6.07) is 3.16. The molecule has 37 heavy (non-hydrogen) atoms. The summed E-state index contributed by atoms with van der Waals surface area (Å²) in [5, 5.41) is 20.6. The van der Waals surface area contributed by atoms with Crippen molar-refractivity contribution in [3.05, 3.63) is 61.7 Å². The molecule has 2 N–H and O–H groups in total. The SMILES string of the molecule is Cc1c(F)cc2nc3c(c4c2c1CC[C@H]4CCCN(C)CCO)Cn1c-3cc2c(c1=O)COC(=O)C2O. The van der Waals surface area contributed by atoms with Gasteiger partial charge in [-0.15, -0.1) is 0 Å². The number of nitrogens with zero attached hydrogens (tertiary/aromatic N) is 3. The summed E-state index contributed by atoms with van der Waals surface area (Å²) < 4.78 is 21.6. The molecule has 3 aromatic rings. The van der Waals surface area contributed by atoms with Crippen LogP contribution in [-0.4, -0.2) is 57.4 Å². The number of ether oxygens (including phenoxy) is 1. The van der Waals surface area contributed by atoms with Crippen LogP contribution in [0.5, 0.6) is 0 Å². The van der Waals surface area contributed by atoms with Gasteiger partial charge in [-0.2, -0.15) is 0 Å². The van der Waals surface area contributed by atoms with E-state index in [0.717, 1.165) is 54.3 Å². The lowest BCUT2D eigenvalue weighted by Crippen LogP contribution is -2.32. The number of hydrogen-bond acceptors (Lipinski definition) is 7. The van der Waals surface area contributed by atoms with Crippen LogP contribution in [0.3, 0.4) is 0 Å². The second kappa shape index (κ2) is 9.01. The maximum absolute atomic E-state index is 14.9. The van der Waals surface area contributed by atoms with E-state index >= 15 is 0 Å². The van der Waals surface area contributed by atoms with Crippen molar-refractivity contribution in [3.8, 4) is 11.4 Å². The second-order valence-electron chi connectivity index (χ2n) is 10.5. The first-order chi connectivity index (χ1) is 17.8. The molecule has 1 aliphatic carbocycles. The Morgan fingerprint density at radius 2 is 2.03 bits per heavy atom. The third kappa shape index (κ3) is 3.71. The highest BCUT2D eigenvalue weighted by Crippen LogP contribution is 2.47. The zero-order valence-electron chi connectivity index (χ0n) is 21.0. The van der Waals surface area contributed by atoms with Crippen LogP contribution in [0.15, 0.2) is 16.9 Å². The summed E-state index contributed by atoms with van der Waals surface area (Å²) in [4.78, 5) is 32.4. The standard InChI is InChI=1S/C28H30FN3O5/c1-14-16-6-5-15(4-3-7-31(2)8-9-33)23-18-12-32-22(25(18)30-21(24(16)23)11-20(14)29)10-17-19(27(32)35)13-37-28(36)26(17)34/h10-11,15,26,33-34H,3-9,12-13H2,1-2H3/t15-,26?/m1/s1. The first kappa shape index (κ1) is 24.2. The first-order valence-electron chi connectivity index (χ1n) is 12.9. The summed E-state index contributed by atoms with van der Waals surface area (Å²) in [6.45, 7) is 3.61. The van der Waals surface area contributed by atoms with Gasteiger partial charge < -0.3 is 24.4 Å². The normalized spacial score (nSPS) is 19.7. The molecule has 2 aliphatic heterocycles. The zero-order chi connectivity index (χ0) is 26.0. The molecule has 2 aromatic heterocycles. The number of esters is 1. The Bertz CT molecular complexity index is 1510. The molecule has 0 bridgehead atoms. The molecule has 0 amide bonds. The lowest BCUT2D eigenvalue weighted by molar-refractivity contribution is -0.157. The monoisotopic (exact) mass is 507 g/mol. The van der Waals surface area contributed by atoms with E-state index in [2.05, 4.69) is 4.90 Å². The molecule has 4 heterocycles. The van der Waals surface area contributed by atoms with E-state index in [4.69, 9.17) is 9.72 Å². The van der Waals surface area contributed by atoms with E-state index in [1.165, 1.54) is 6.07 Å². The number of rotatable bonds is 6. The Morgan fingerprint density at radius 1 is 1.22 bits per heavy atom. The summed E-state index contributed by atoms with van der Waals surface area (Å²) in [5.74, 6) is -0.830. The van der Waals surface area contributed by atoms with E-state index in [0.29, 0.717) is 35.6 Å². The van der Waals surface area contributed by atoms with Gasteiger partial charge in [-0.1, -0.05) is 0 Å². The summed E-state index contributed by atoms with van der Waals surface area (Å²) >= 11 is 0. The van der Waals surface area contributed by atoms with Gasteiger partial charge in [0.2, 0.25) is 0 Å². The number of pyridine rings is 2. The van der Waals surface area contributed by atoms with Crippen molar-refractivity contribution in [2.75, 3.05) is 26.7 Å². The van der Waals surface area contributed by atoms with Crippen molar-refractivity contribution >= 4 is 16.9 Å².